The highest BCUT2D eigenvalue weighted by Gasteiger charge is 2.52. The lowest BCUT2D eigenvalue weighted by atomic mass is 9.86. The number of Topliss-reactive ketones (excluding diaryl/α,β-unsaturated/α-hetero) is 1. The molecule has 190 valence electrons. The van der Waals surface area contributed by atoms with E-state index in [-0.39, 0.29) is 17.0 Å². The molecule has 2 aromatic carbocycles. The molecule has 1 saturated carbocycles. The van der Waals surface area contributed by atoms with Crippen LogP contribution in [0.3, 0.4) is 0 Å². The third kappa shape index (κ3) is 5.53. The van der Waals surface area contributed by atoms with Crippen LogP contribution in [0.15, 0.2) is 66.3 Å². The summed E-state index contributed by atoms with van der Waals surface area (Å²) in [7, 11) is 0. The van der Waals surface area contributed by atoms with Crippen LogP contribution >= 0.6 is 0 Å². The zero-order valence-electron chi connectivity index (χ0n) is 22.2. The van der Waals surface area contributed by atoms with Gasteiger partial charge in [-0.2, -0.15) is 0 Å². The van der Waals surface area contributed by atoms with E-state index in [1.54, 1.807) is 18.3 Å². The van der Waals surface area contributed by atoms with E-state index in [4.69, 9.17) is 4.99 Å². The number of hydrogen-bond acceptors (Lipinski definition) is 2. The van der Waals surface area contributed by atoms with Gasteiger partial charge in [-0.1, -0.05) is 70.5 Å². The zero-order chi connectivity index (χ0) is 25.9. The molecule has 1 spiro atoms. The van der Waals surface area contributed by atoms with Crippen molar-refractivity contribution in [1.82, 2.24) is 0 Å². The first-order chi connectivity index (χ1) is 17.3. The highest BCUT2D eigenvalue weighted by atomic mass is 19.1. The van der Waals surface area contributed by atoms with Crippen molar-refractivity contribution >= 4 is 22.9 Å². The lowest BCUT2D eigenvalue weighted by Gasteiger charge is -2.20. The number of halogens is 1. The molecule has 0 radical (unpaired) electrons. The first-order valence-corrected chi connectivity index (χ1v) is 13.4. The second kappa shape index (κ2) is 10.9. The molecular weight excluding hydrogens is 447 g/mol. The van der Waals surface area contributed by atoms with Crippen LogP contribution in [-0.2, 0) is 5.41 Å². The van der Waals surface area contributed by atoms with E-state index in [9.17, 15) is 9.18 Å². The number of amidine groups is 1. The maximum absolute atomic E-state index is 13.7. The molecule has 1 aliphatic carbocycles. The Balaban J connectivity index is 1.59. The van der Waals surface area contributed by atoms with Gasteiger partial charge in [0.25, 0.3) is 0 Å². The van der Waals surface area contributed by atoms with E-state index < -0.39 is 0 Å². The minimum atomic E-state index is -0.281. The molecule has 2 atom stereocenters. The number of allylic oxidation sites excluding steroid dienone is 2. The number of aliphatic imine (C=N–C) groups is 1. The van der Waals surface area contributed by atoms with Crippen LogP contribution in [0.2, 0.25) is 0 Å². The molecule has 0 saturated heterocycles. The van der Waals surface area contributed by atoms with E-state index in [0.717, 1.165) is 54.0 Å². The molecule has 0 N–H and O–H groups in total. The summed E-state index contributed by atoms with van der Waals surface area (Å²) in [6, 6.07) is 12.8. The number of rotatable bonds is 10. The topological polar surface area (TPSA) is 32.7 Å². The van der Waals surface area contributed by atoms with Crippen LogP contribution in [0.5, 0.6) is 0 Å². The van der Waals surface area contributed by atoms with Crippen molar-refractivity contribution in [3.8, 4) is 0 Å². The Hall–Kier alpha value is -3.01. The molecular formula is C32H39FN2O. The van der Waals surface area contributed by atoms with E-state index >= 15 is 0 Å². The molecule has 0 aromatic heterocycles. The van der Waals surface area contributed by atoms with Crippen LogP contribution in [-0.4, -0.2) is 18.2 Å². The van der Waals surface area contributed by atoms with Gasteiger partial charge in [-0.3, -0.25) is 4.79 Å². The zero-order valence-corrected chi connectivity index (χ0v) is 22.2. The third-order valence-corrected chi connectivity index (χ3v) is 8.14. The Labute approximate surface area is 215 Å². The number of fused-ring (bicyclic) bond motifs is 2. The Kier molecular flexibility index (Phi) is 7.92. The number of hydrogen-bond donors (Lipinski definition) is 0. The Morgan fingerprint density at radius 1 is 1.17 bits per heavy atom. The summed E-state index contributed by atoms with van der Waals surface area (Å²) in [5.41, 5.74) is 4.94. The predicted octanol–water partition coefficient (Wildman–Crippen LogP) is 8.36. The SMILES string of the molecule is C=C/C(=C\N=C(C)N1CC2(CC2)c2ccc(C(=O)CC(CC)CC(C)CC)cc21)c1cccc(F)c1. The van der Waals surface area contributed by atoms with Gasteiger partial charge in [0.15, 0.2) is 5.78 Å². The molecule has 1 aliphatic heterocycles. The fourth-order valence-electron chi connectivity index (χ4n) is 5.37. The fraction of sp³-hybridized carbons (Fsp3) is 0.438. The molecule has 1 fully saturated rings. The quantitative estimate of drug-likeness (QED) is 0.146. The number of carbonyl (C=O) groups is 1. The highest BCUT2D eigenvalue weighted by molar-refractivity contribution is 6.03. The number of carbonyl (C=O) groups excluding carboxylic acids is 1. The van der Waals surface area contributed by atoms with Gasteiger partial charge in [-0.25, -0.2) is 9.38 Å². The second-order valence-electron chi connectivity index (χ2n) is 10.7. The Morgan fingerprint density at radius 2 is 1.94 bits per heavy atom. The maximum Gasteiger partial charge on any atom is 0.163 e. The monoisotopic (exact) mass is 486 g/mol. The minimum Gasteiger partial charge on any atom is -0.329 e. The highest BCUT2D eigenvalue weighted by Crippen LogP contribution is 2.56. The van der Waals surface area contributed by atoms with Gasteiger partial charge < -0.3 is 4.90 Å². The van der Waals surface area contributed by atoms with Crippen molar-refractivity contribution in [1.29, 1.82) is 0 Å². The molecule has 2 aromatic rings. The minimum absolute atomic E-state index is 0.184. The number of ketones is 1. The largest absolute Gasteiger partial charge is 0.329 e. The van der Waals surface area contributed by atoms with Gasteiger partial charge in [0, 0.05) is 35.8 Å². The smallest absolute Gasteiger partial charge is 0.163 e. The van der Waals surface area contributed by atoms with Gasteiger partial charge in [-0.05, 0) is 72.9 Å². The lowest BCUT2D eigenvalue weighted by molar-refractivity contribution is 0.0953. The van der Waals surface area contributed by atoms with Gasteiger partial charge in [0.05, 0.1) is 0 Å². The van der Waals surface area contributed by atoms with E-state index in [1.807, 2.05) is 19.1 Å². The summed E-state index contributed by atoms with van der Waals surface area (Å²) in [5.74, 6) is 1.90. The van der Waals surface area contributed by atoms with Crippen molar-refractivity contribution in [2.75, 3.05) is 11.4 Å². The Bertz CT molecular complexity index is 1190. The number of nitrogens with zero attached hydrogens (tertiary/aromatic N) is 2. The standard InChI is InChI=1S/C32H39FN2O/c1-6-22(4)16-24(7-2)17-31(36)27-12-13-29-30(19-27)35(21-32(29)14-15-32)23(5)34-20-25(8-3)26-10-9-11-28(33)18-26/h8-13,18-20,22,24H,3,6-7,14-17,21H2,1-2,4-5H3/b25-20+,34-23?. The van der Waals surface area contributed by atoms with Crippen molar-refractivity contribution in [3.63, 3.8) is 0 Å². The van der Waals surface area contributed by atoms with E-state index in [1.165, 1.54) is 30.5 Å². The summed E-state index contributed by atoms with van der Waals surface area (Å²) in [4.78, 5) is 20.3. The first kappa shape index (κ1) is 26.1. The van der Waals surface area contributed by atoms with Crippen LogP contribution < -0.4 is 4.90 Å². The number of anilines is 1. The lowest BCUT2D eigenvalue weighted by Crippen LogP contribution is -2.29. The molecule has 3 nitrogen and oxygen atoms in total. The summed E-state index contributed by atoms with van der Waals surface area (Å²) >= 11 is 0. The average molecular weight is 487 g/mol. The predicted molar refractivity (Wildman–Crippen MR) is 149 cm³/mol. The van der Waals surface area contributed by atoms with E-state index in [2.05, 4.69) is 44.4 Å². The summed E-state index contributed by atoms with van der Waals surface area (Å²) < 4.78 is 13.7. The molecule has 0 amide bonds. The fourth-order valence-corrected chi connectivity index (χ4v) is 5.37. The molecule has 1 heterocycles. The van der Waals surface area contributed by atoms with Crippen molar-refractivity contribution in [2.24, 2.45) is 16.8 Å². The molecule has 36 heavy (non-hydrogen) atoms. The van der Waals surface area contributed by atoms with Crippen LogP contribution in [0.1, 0.15) is 87.7 Å². The second-order valence-corrected chi connectivity index (χ2v) is 10.7. The molecule has 0 bridgehead atoms. The normalized spacial score (nSPS) is 18.2. The van der Waals surface area contributed by atoms with Crippen molar-refractivity contribution in [2.45, 2.75) is 71.6 Å². The van der Waals surface area contributed by atoms with Crippen LogP contribution in [0.25, 0.3) is 5.57 Å². The third-order valence-electron chi connectivity index (χ3n) is 8.14. The van der Waals surface area contributed by atoms with Crippen molar-refractivity contribution < 1.29 is 9.18 Å². The maximum atomic E-state index is 13.7. The van der Waals surface area contributed by atoms with Gasteiger partial charge >= 0.3 is 0 Å². The van der Waals surface area contributed by atoms with Gasteiger partial charge in [-0.15, -0.1) is 0 Å². The Morgan fingerprint density at radius 3 is 2.58 bits per heavy atom. The molecule has 4 rings (SSSR count). The summed E-state index contributed by atoms with van der Waals surface area (Å²) in [6.07, 6.45) is 9.69. The molecule has 2 aliphatic rings. The summed E-state index contributed by atoms with van der Waals surface area (Å²) in [5, 5.41) is 0. The van der Waals surface area contributed by atoms with Gasteiger partial charge in [0.2, 0.25) is 0 Å². The first-order valence-electron chi connectivity index (χ1n) is 13.4. The van der Waals surface area contributed by atoms with Crippen LogP contribution in [0, 0.1) is 17.7 Å². The summed E-state index contributed by atoms with van der Waals surface area (Å²) in [6.45, 7) is 13.5. The van der Waals surface area contributed by atoms with Crippen LogP contribution in [0.4, 0.5) is 10.1 Å². The van der Waals surface area contributed by atoms with Crippen molar-refractivity contribution in [3.05, 3.63) is 83.8 Å². The molecule has 2 unspecified atom stereocenters. The molecule has 4 heteroatoms. The van der Waals surface area contributed by atoms with E-state index in [0.29, 0.717) is 18.3 Å². The van der Waals surface area contributed by atoms with Gasteiger partial charge in [0.1, 0.15) is 11.7 Å². The number of benzene rings is 2. The average Bonchev–Trinajstić information content (AvgIpc) is 3.59.